The molecule has 4 nitrogen and oxygen atoms in total. The fraction of sp³-hybridized carbons (Fsp3) is 0.571. The van der Waals surface area contributed by atoms with Gasteiger partial charge in [-0.15, -0.1) is 0 Å². The number of aromatic hydroxyl groups is 1. The summed E-state index contributed by atoms with van der Waals surface area (Å²) in [7, 11) is 0. The lowest BCUT2D eigenvalue weighted by atomic mass is 9.85. The van der Waals surface area contributed by atoms with Gasteiger partial charge in [-0.2, -0.15) is 0 Å². The number of allylic oxidation sites excluding steroid dienone is 2. The van der Waals surface area contributed by atoms with Crippen LogP contribution in [0.25, 0.3) is 0 Å². The number of carbonyl (C=O) groups excluding carboxylic acids is 1. The Kier molecular flexibility index (Phi) is 5.79. The van der Waals surface area contributed by atoms with Crippen LogP contribution in [0.4, 0.5) is 0 Å². The minimum Gasteiger partial charge on any atom is -0.507 e. The monoisotopic (exact) mass is 343 g/mol. The molecule has 1 aliphatic heterocycles. The summed E-state index contributed by atoms with van der Waals surface area (Å²) in [4.78, 5) is 14.6. The van der Waals surface area contributed by atoms with Crippen LogP contribution in [-0.2, 0) is 4.79 Å². The largest absolute Gasteiger partial charge is 0.507 e. The number of phenolic OH excluding ortho intramolecular Hbond substituents is 1. The predicted molar refractivity (Wildman–Crippen MR) is 99.1 cm³/mol. The van der Waals surface area contributed by atoms with Crippen molar-refractivity contribution in [3.05, 3.63) is 34.9 Å². The van der Waals surface area contributed by atoms with Crippen molar-refractivity contribution in [1.29, 1.82) is 0 Å². The van der Waals surface area contributed by atoms with E-state index in [1.54, 1.807) is 6.07 Å². The van der Waals surface area contributed by atoms with E-state index in [9.17, 15) is 9.90 Å². The molecule has 1 saturated heterocycles. The number of aryl methyl sites for hydroxylation is 1. The minimum absolute atomic E-state index is 0.118. The molecule has 3 rings (SSSR count). The minimum atomic E-state index is -0.232. The first kappa shape index (κ1) is 18.0. The van der Waals surface area contributed by atoms with Gasteiger partial charge in [0.2, 0.25) is 0 Å². The molecule has 0 saturated carbocycles. The van der Waals surface area contributed by atoms with Gasteiger partial charge in [0.05, 0.1) is 6.54 Å². The number of hydrogen-bond donors (Lipinski definition) is 1. The van der Waals surface area contributed by atoms with Crippen LogP contribution < -0.4 is 4.74 Å². The first-order chi connectivity index (χ1) is 12.0. The molecule has 1 aromatic carbocycles. The molecule has 1 aliphatic carbocycles. The lowest BCUT2D eigenvalue weighted by Crippen LogP contribution is -2.36. The maximum atomic E-state index is 12.4. The van der Waals surface area contributed by atoms with Crippen molar-refractivity contribution in [3.8, 4) is 11.5 Å². The zero-order valence-electron chi connectivity index (χ0n) is 15.4. The Balaban J connectivity index is 1.79. The van der Waals surface area contributed by atoms with Gasteiger partial charge in [0, 0.05) is 11.5 Å². The Labute approximate surface area is 150 Å². The number of rotatable bonds is 4. The Morgan fingerprint density at radius 3 is 2.68 bits per heavy atom. The van der Waals surface area contributed by atoms with Crippen LogP contribution >= 0.6 is 0 Å². The van der Waals surface area contributed by atoms with Gasteiger partial charge in [0.15, 0.2) is 0 Å². The normalized spacial score (nSPS) is 21.7. The molecule has 1 N–H and O–H groups in total. The number of nitrogens with zero attached hydrogens (tertiary/aromatic N) is 1. The van der Waals surface area contributed by atoms with Gasteiger partial charge >= 0.3 is 5.97 Å². The van der Waals surface area contributed by atoms with Crippen molar-refractivity contribution < 1.29 is 14.6 Å². The van der Waals surface area contributed by atoms with Crippen molar-refractivity contribution in [2.45, 2.75) is 58.3 Å². The molecule has 2 aliphatic rings. The number of ether oxygens (including phenoxy) is 1. The summed E-state index contributed by atoms with van der Waals surface area (Å²) in [5.74, 6) is 0.643. The van der Waals surface area contributed by atoms with E-state index in [2.05, 4.69) is 17.9 Å². The third kappa shape index (κ3) is 4.63. The second kappa shape index (κ2) is 8.05. The molecule has 1 heterocycles. The molecule has 1 unspecified atom stereocenters. The number of phenols is 1. The van der Waals surface area contributed by atoms with Crippen LogP contribution in [0.1, 0.15) is 62.5 Å². The SMILES string of the molecule is CC1=CC(c2c(O)cc(C)cc2OC(=O)CN2CCCCC2)CCC1. The first-order valence-corrected chi connectivity index (χ1v) is 9.47. The van der Waals surface area contributed by atoms with E-state index in [1.807, 2.05) is 13.0 Å². The molecule has 1 atom stereocenters. The highest BCUT2D eigenvalue weighted by atomic mass is 16.5. The highest BCUT2D eigenvalue weighted by Gasteiger charge is 2.24. The van der Waals surface area contributed by atoms with Crippen molar-refractivity contribution in [3.63, 3.8) is 0 Å². The van der Waals surface area contributed by atoms with Crippen molar-refractivity contribution in [2.75, 3.05) is 19.6 Å². The molecule has 136 valence electrons. The van der Waals surface area contributed by atoms with Gasteiger partial charge in [-0.3, -0.25) is 9.69 Å². The average Bonchev–Trinajstić information content (AvgIpc) is 2.55. The smallest absolute Gasteiger partial charge is 0.325 e. The Bertz CT molecular complexity index is 659. The molecular weight excluding hydrogens is 314 g/mol. The lowest BCUT2D eigenvalue weighted by Gasteiger charge is -2.26. The number of benzene rings is 1. The van der Waals surface area contributed by atoms with Crippen molar-refractivity contribution >= 4 is 5.97 Å². The van der Waals surface area contributed by atoms with E-state index < -0.39 is 0 Å². The van der Waals surface area contributed by atoms with Crippen LogP contribution in [0.15, 0.2) is 23.8 Å². The molecular formula is C21H29NO3. The molecule has 4 heteroatoms. The van der Waals surface area contributed by atoms with Crippen LogP contribution in [0.3, 0.4) is 0 Å². The summed E-state index contributed by atoms with van der Waals surface area (Å²) in [5, 5.41) is 10.5. The number of likely N-dealkylation sites (tertiary alicyclic amines) is 1. The van der Waals surface area contributed by atoms with Gasteiger partial charge in [-0.1, -0.05) is 18.1 Å². The van der Waals surface area contributed by atoms with E-state index in [0.717, 1.165) is 56.3 Å². The molecule has 0 amide bonds. The molecule has 1 fully saturated rings. The standard InChI is InChI=1S/C21H29NO3/c1-15-7-6-8-17(11-15)21-18(23)12-16(2)13-19(21)25-20(24)14-22-9-4-3-5-10-22/h11-13,17,23H,3-10,14H2,1-2H3. The van der Waals surface area contributed by atoms with E-state index in [1.165, 1.54) is 12.0 Å². The molecule has 25 heavy (non-hydrogen) atoms. The maximum absolute atomic E-state index is 12.4. The van der Waals surface area contributed by atoms with Crippen molar-refractivity contribution in [1.82, 2.24) is 4.90 Å². The summed E-state index contributed by atoms with van der Waals surface area (Å²) in [6, 6.07) is 3.63. The Hall–Kier alpha value is -1.81. The highest BCUT2D eigenvalue weighted by Crippen LogP contribution is 2.41. The summed E-state index contributed by atoms with van der Waals surface area (Å²) in [5.41, 5.74) is 3.00. The number of hydrogen-bond acceptors (Lipinski definition) is 4. The predicted octanol–water partition coefficient (Wildman–Crippen LogP) is 4.31. The van der Waals surface area contributed by atoms with Crippen LogP contribution in [0.5, 0.6) is 11.5 Å². The van der Waals surface area contributed by atoms with E-state index >= 15 is 0 Å². The number of esters is 1. The van der Waals surface area contributed by atoms with Crippen LogP contribution in [0.2, 0.25) is 0 Å². The molecule has 0 radical (unpaired) electrons. The van der Waals surface area contributed by atoms with Gasteiger partial charge in [-0.25, -0.2) is 0 Å². The first-order valence-electron chi connectivity index (χ1n) is 9.47. The number of piperidine rings is 1. The fourth-order valence-corrected chi connectivity index (χ4v) is 4.00. The zero-order chi connectivity index (χ0) is 17.8. The molecule has 0 aromatic heterocycles. The van der Waals surface area contributed by atoms with Gasteiger partial charge in [0.1, 0.15) is 11.5 Å². The molecule has 0 spiro atoms. The summed E-state index contributed by atoms with van der Waals surface area (Å²) >= 11 is 0. The van der Waals surface area contributed by atoms with Gasteiger partial charge in [0.25, 0.3) is 0 Å². The second-order valence-electron chi connectivity index (χ2n) is 7.52. The van der Waals surface area contributed by atoms with E-state index in [4.69, 9.17) is 4.74 Å². The summed E-state index contributed by atoms with van der Waals surface area (Å²) in [6.45, 7) is 6.29. The average molecular weight is 343 g/mol. The summed E-state index contributed by atoms with van der Waals surface area (Å²) < 4.78 is 5.73. The van der Waals surface area contributed by atoms with Crippen LogP contribution in [0, 0.1) is 6.92 Å². The van der Waals surface area contributed by atoms with Gasteiger partial charge < -0.3 is 9.84 Å². The third-order valence-corrected chi connectivity index (χ3v) is 5.23. The Morgan fingerprint density at radius 1 is 1.20 bits per heavy atom. The fourth-order valence-electron chi connectivity index (χ4n) is 4.00. The molecule has 1 aromatic rings. The molecule has 0 bridgehead atoms. The second-order valence-corrected chi connectivity index (χ2v) is 7.52. The number of carbonyl (C=O) groups is 1. The maximum Gasteiger partial charge on any atom is 0.325 e. The Morgan fingerprint density at radius 2 is 1.96 bits per heavy atom. The zero-order valence-corrected chi connectivity index (χ0v) is 15.4. The third-order valence-electron chi connectivity index (χ3n) is 5.23. The quantitative estimate of drug-likeness (QED) is 0.503. The van der Waals surface area contributed by atoms with Crippen molar-refractivity contribution in [2.24, 2.45) is 0 Å². The van der Waals surface area contributed by atoms with E-state index in [-0.39, 0.29) is 17.6 Å². The van der Waals surface area contributed by atoms with E-state index in [0.29, 0.717) is 12.3 Å². The lowest BCUT2D eigenvalue weighted by molar-refractivity contribution is -0.135. The van der Waals surface area contributed by atoms with Crippen LogP contribution in [-0.4, -0.2) is 35.6 Å². The topological polar surface area (TPSA) is 49.8 Å². The van der Waals surface area contributed by atoms with Gasteiger partial charge in [-0.05, 0) is 76.7 Å². The highest BCUT2D eigenvalue weighted by molar-refractivity contribution is 5.75. The summed E-state index contributed by atoms with van der Waals surface area (Å²) in [6.07, 6.45) is 8.93.